The van der Waals surface area contributed by atoms with E-state index in [0.717, 1.165) is 22.2 Å². The van der Waals surface area contributed by atoms with Gasteiger partial charge in [-0.15, -0.1) is 0 Å². The molecule has 2 aliphatic rings. The van der Waals surface area contributed by atoms with Crippen molar-refractivity contribution in [3.8, 4) is 11.1 Å². The third kappa shape index (κ3) is 3.24. The molecule has 0 atom stereocenters. The molecule has 0 saturated carbocycles. The van der Waals surface area contributed by atoms with E-state index < -0.39 is 5.60 Å². The summed E-state index contributed by atoms with van der Waals surface area (Å²) in [5, 5.41) is 10.1. The molecule has 2 saturated heterocycles. The lowest BCUT2D eigenvalue weighted by atomic mass is 10.00. The fourth-order valence-electron chi connectivity index (χ4n) is 3.85. The van der Waals surface area contributed by atoms with E-state index in [1.54, 1.807) is 9.80 Å². The Balaban J connectivity index is 1.24. The minimum atomic E-state index is -1.39. The Morgan fingerprint density at radius 1 is 0.933 bits per heavy atom. The summed E-state index contributed by atoms with van der Waals surface area (Å²) in [4.78, 5) is 32.7. The molecule has 2 amide bonds. The van der Waals surface area contributed by atoms with Crippen LogP contribution in [0.25, 0.3) is 22.2 Å². The topological polar surface area (TPSA) is 96.1 Å². The molecule has 1 N–H and O–H groups in total. The highest BCUT2D eigenvalue weighted by Gasteiger charge is 2.46. The Bertz CT molecular complexity index is 1100. The van der Waals surface area contributed by atoms with Gasteiger partial charge in [0.1, 0.15) is 5.52 Å². The first-order valence-electron chi connectivity index (χ1n) is 9.86. The van der Waals surface area contributed by atoms with Gasteiger partial charge in [-0.1, -0.05) is 18.2 Å². The molecule has 154 valence electrons. The average molecular weight is 407 g/mol. The highest BCUT2D eigenvalue weighted by molar-refractivity contribution is 5.95. The summed E-state index contributed by atoms with van der Waals surface area (Å²) in [6.07, 6.45) is 1.42. The van der Waals surface area contributed by atoms with Crippen LogP contribution in [0.1, 0.15) is 10.4 Å². The van der Waals surface area contributed by atoms with E-state index in [0.29, 0.717) is 31.7 Å². The van der Waals surface area contributed by atoms with Crippen LogP contribution in [0.4, 0.5) is 0 Å². The number of benzene rings is 2. The summed E-state index contributed by atoms with van der Waals surface area (Å²) in [6.45, 7) is 1.77. The van der Waals surface area contributed by atoms with Gasteiger partial charge in [0.15, 0.2) is 17.6 Å². The summed E-state index contributed by atoms with van der Waals surface area (Å²) in [6, 6.07) is 13.3. The Labute approximate surface area is 172 Å². The van der Waals surface area contributed by atoms with Crippen molar-refractivity contribution in [2.45, 2.75) is 5.60 Å². The molecule has 3 aromatic rings. The monoisotopic (exact) mass is 407 g/mol. The van der Waals surface area contributed by atoms with Crippen LogP contribution in [0, 0.1) is 0 Å². The second-order valence-corrected chi connectivity index (χ2v) is 7.72. The fourth-order valence-corrected chi connectivity index (χ4v) is 3.85. The number of rotatable bonds is 3. The van der Waals surface area contributed by atoms with Gasteiger partial charge in [0.05, 0.1) is 13.2 Å². The van der Waals surface area contributed by atoms with E-state index in [2.05, 4.69) is 4.98 Å². The average Bonchev–Trinajstić information content (AvgIpc) is 3.24. The van der Waals surface area contributed by atoms with Crippen LogP contribution in [0.3, 0.4) is 0 Å². The number of aliphatic hydroxyl groups is 1. The molecule has 0 aliphatic carbocycles. The zero-order valence-corrected chi connectivity index (χ0v) is 16.3. The molecule has 0 radical (unpaired) electrons. The van der Waals surface area contributed by atoms with Crippen molar-refractivity contribution in [3.05, 3.63) is 54.4 Å². The number of piperazine rings is 1. The third-order valence-corrected chi connectivity index (χ3v) is 5.73. The van der Waals surface area contributed by atoms with Gasteiger partial charge in [-0.2, -0.15) is 0 Å². The maximum Gasteiger partial charge on any atom is 0.259 e. The van der Waals surface area contributed by atoms with Crippen molar-refractivity contribution in [1.82, 2.24) is 14.8 Å². The zero-order valence-electron chi connectivity index (χ0n) is 16.3. The fraction of sp³-hybridized carbons (Fsp3) is 0.318. The zero-order chi connectivity index (χ0) is 20.7. The maximum atomic E-state index is 12.9. The Hall–Kier alpha value is -3.23. The lowest BCUT2D eigenvalue weighted by molar-refractivity contribution is -0.201. The highest BCUT2D eigenvalue weighted by atomic mass is 16.5. The molecular formula is C22H21N3O5. The molecule has 2 aromatic carbocycles. The first-order valence-corrected chi connectivity index (χ1v) is 9.86. The molecule has 30 heavy (non-hydrogen) atoms. The summed E-state index contributed by atoms with van der Waals surface area (Å²) in [5.41, 5.74) is 2.73. The minimum absolute atomic E-state index is 0.0426. The molecule has 2 aliphatic heterocycles. The number of fused-ring (bicyclic) bond motifs is 1. The van der Waals surface area contributed by atoms with Crippen LogP contribution in [0.2, 0.25) is 0 Å². The van der Waals surface area contributed by atoms with Crippen molar-refractivity contribution in [2.75, 3.05) is 39.4 Å². The maximum absolute atomic E-state index is 12.9. The molecular weight excluding hydrogens is 386 g/mol. The van der Waals surface area contributed by atoms with Gasteiger partial charge >= 0.3 is 0 Å². The van der Waals surface area contributed by atoms with Crippen molar-refractivity contribution < 1.29 is 23.8 Å². The molecule has 2 fully saturated rings. The van der Waals surface area contributed by atoms with E-state index >= 15 is 0 Å². The number of nitrogens with zero attached hydrogens (tertiary/aromatic N) is 3. The predicted octanol–water partition coefficient (Wildman–Crippen LogP) is 1.54. The summed E-state index contributed by atoms with van der Waals surface area (Å²) in [5.74, 6) is -0.374. The van der Waals surface area contributed by atoms with Gasteiger partial charge in [-0.25, -0.2) is 4.98 Å². The number of aromatic nitrogens is 1. The quantitative estimate of drug-likeness (QED) is 0.708. The lowest BCUT2D eigenvalue weighted by Gasteiger charge is -2.42. The van der Waals surface area contributed by atoms with Gasteiger partial charge in [-0.05, 0) is 35.4 Å². The van der Waals surface area contributed by atoms with Gasteiger partial charge in [0.25, 0.3) is 11.8 Å². The van der Waals surface area contributed by atoms with Crippen LogP contribution in [-0.2, 0) is 9.53 Å². The normalized spacial score (nSPS) is 18.3. The number of amides is 2. The van der Waals surface area contributed by atoms with Crippen molar-refractivity contribution in [3.63, 3.8) is 0 Å². The molecule has 8 nitrogen and oxygen atoms in total. The van der Waals surface area contributed by atoms with Crippen LogP contribution < -0.4 is 0 Å². The van der Waals surface area contributed by atoms with Crippen LogP contribution in [0.5, 0.6) is 0 Å². The smallest absolute Gasteiger partial charge is 0.259 e. The summed E-state index contributed by atoms with van der Waals surface area (Å²) < 4.78 is 10.2. The van der Waals surface area contributed by atoms with E-state index in [4.69, 9.17) is 9.15 Å². The molecule has 0 bridgehead atoms. The van der Waals surface area contributed by atoms with Crippen molar-refractivity contribution in [1.29, 1.82) is 0 Å². The standard InChI is InChI=1S/C22H21N3O5/c26-20(24-7-9-25(10-8-24)21(27)22(28)12-29-13-22)16-3-1-15(2-4-16)17-5-6-19-18(11-17)23-14-30-19/h1-6,11,14,28H,7-10,12-13H2. The van der Waals surface area contributed by atoms with Crippen LogP contribution >= 0.6 is 0 Å². The second-order valence-electron chi connectivity index (χ2n) is 7.72. The SMILES string of the molecule is O=C(c1ccc(-c2ccc3ocnc3c2)cc1)N1CCN(C(=O)C2(O)COC2)CC1. The van der Waals surface area contributed by atoms with Crippen molar-refractivity contribution in [2.24, 2.45) is 0 Å². The van der Waals surface area contributed by atoms with Crippen LogP contribution in [0.15, 0.2) is 53.3 Å². The second kappa shape index (κ2) is 7.23. The molecule has 0 spiro atoms. The van der Waals surface area contributed by atoms with Crippen LogP contribution in [-0.4, -0.2) is 76.7 Å². The number of ether oxygens (including phenoxy) is 1. The number of oxazole rings is 1. The van der Waals surface area contributed by atoms with Gasteiger partial charge in [0.2, 0.25) is 0 Å². The van der Waals surface area contributed by atoms with Gasteiger partial charge in [-0.3, -0.25) is 9.59 Å². The van der Waals surface area contributed by atoms with E-state index in [-0.39, 0.29) is 25.0 Å². The van der Waals surface area contributed by atoms with E-state index in [1.165, 1.54) is 6.39 Å². The molecule has 5 rings (SSSR count). The summed E-state index contributed by atoms with van der Waals surface area (Å²) in [7, 11) is 0. The number of hydrogen-bond donors (Lipinski definition) is 1. The Kier molecular flexibility index (Phi) is 4.52. The summed E-state index contributed by atoms with van der Waals surface area (Å²) >= 11 is 0. The number of carbonyl (C=O) groups excluding carboxylic acids is 2. The minimum Gasteiger partial charge on any atom is -0.443 e. The van der Waals surface area contributed by atoms with E-state index in [9.17, 15) is 14.7 Å². The number of hydrogen-bond acceptors (Lipinski definition) is 6. The molecule has 8 heteroatoms. The number of carbonyl (C=O) groups is 2. The van der Waals surface area contributed by atoms with Gasteiger partial charge in [0, 0.05) is 31.7 Å². The first kappa shape index (κ1) is 18.8. The first-order chi connectivity index (χ1) is 14.5. The molecule has 3 heterocycles. The van der Waals surface area contributed by atoms with E-state index in [1.807, 2.05) is 42.5 Å². The third-order valence-electron chi connectivity index (χ3n) is 5.73. The van der Waals surface area contributed by atoms with Crippen molar-refractivity contribution >= 4 is 22.9 Å². The molecule has 0 unspecified atom stereocenters. The Morgan fingerprint density at radius 2 is 1.60 bits per heavy atom. The predicted molar refractivity (Wildman–Crippen MR) is 108 cm³/mol. The lowest BCUT2D eigenvalue weighted by Crippen LogP contribution is -2.64. The highest BCUT2D eigenvalue weighted by Crippen LogP contribution is 2.25. The largest absolute Gasteiger partial charge is 0.443 e. The molecule has 1 aromatic heterocycles. The van der Waals surface area contributed by atoms with Gasteiger partial charge < -0.3 is 24.1 Å². The Morgan fingerprint density at radius 3 is 2.27 bits per heavy atom.